The third-order valence-corrected chi connectivity index (χ3v) is 5.27. The lowest BCUT2D eigenvalue weighted by molar-refractivity contribution is 0.0508. The van der Waals surface area contributed by atoms with Crippen molar-refractivity contribution in [3.05, 3.63) is 23.6 Å². The van der Waals surface area contributed by atoms with Crippen molar-refractivity contribution in [3.63, 3.8) is 0 Å². The quantitative estimate of drug-likeness (QED) is 0.455. The Kier molecular flexibility index (Phi) is 3.34. The first kappa shape index (κ1) is 12.7. The Morgan fingerprint density at radius 2 is 2.12 bits per heavy atom. The van der Waals surface area contributed by atoms with E-state index in [1.807, 2.05) is 0 Å². The first-order valence-corrected chi connectivity index (χ1v) is 7.04. The molecule has 0 unspecified atom stereocenters. The van der Waals surface area contributed by atoms with E-state index in [-0.39, 0.29) is 6.04 Å². The minimum absolute atomic E-state index is 0.196. The normalized spacial score (nSPS) is 42.1. The molecule has 1 heteroatoms. The monoisotopic (exact) mass is 231 g/mol. The van der Waals surface area contributed by atoms with Crippen LogP contribution in [0.5, 0.6) is 0 Å². The highest BCUT2D eigenvalue weighted by Gasteiger charge is 2.53. The van der Waals surface area contributed by atoms with Gasteiger partial charge in [0.2, 0.25) is 6.04 Å². The summed E-state index contributed by atoms with van der Waals surface area (Å²) >= 11 is 0. The van der Waals surface area contributed by atoms with Crippen molar-refractivity contribution in [1.82, 2.24) is 0 Å². The van der Waals surface area contributed by atoms with Crippen molar-refractivity contribution in [2.45, 2.75) is 58.9 Å². The molecule has 2 fully saturated rings. The van der Waals surface area contributed by atoms with Crippen molar-refractivity contribution in [2.24, 2.45) is 23.2 Å². The van der Waals surface area contributed by atoms with Gasteiger partial charge in [-0.15, -0.1) is 0 Å². The minimum Gasteiger partial charge on any atom is -0.313 e. The first-order chi connectivity index (χ1) is 7.99. The van der Waals surface area contributed by atoms with Crippen molar-refractivity contribution in [2.75, 3.05) is 0 Å². The summed E-state index contributed by atoms with van der Waals surface area (Å²) in [6, 6.07) is 0.196. The van der Waals surface area contributed by atoms with Crippen LogP contribution in [-0.2, 0) is 0 Å². The lowest BCUT2D eigenvalue weighted by Crippen LogP contribution is -2.47. The van der Waals surface area contributed by atoms with Gasteiger partial charge in [0.15, 0.2) is 0 Å². The van der Waals surface area contributed by atoms with Gasteiger partial charge in [0.05, 0.1) is 5.92 Å². The molecular formula is C16H25N. The summed E-state index contributed by atoms with van der Waals surface area (Å²) in [7, 11) is 0. The second-order valence-electron chi connectivity index (χ2n) is 6.71. The average molecular weight is 231 g/mol. The fourth-order valence-electron chi connectivity index (χ4n) is 4.27. The van der Waals surface area contributed by atoms with Crippen LogP contribution in [0.1, 0.15) is 52.9 Å². The van der Waals surface area contributed by atoms with Gasteiger partial charge in [-0.25, -0.2) is 6.57 Å². The van der Waals surface area contributed by atoms with Crippen LogP contribution < -0.4 is 0 Å². The molecule has 0 aliphatic heterocycles. The molecule has 2 saturated carbocycles. The van der Waals surface area contributed by atoms with Crippen LogP contribution in [0.2, 0.25) is 0 Å². The van der Waals surface area contributed by atoms with E-state index in [1.165, 1.54) is 31.3 Å². The molecule has 17 heavy (non-hydrogen) atoms. The molecule has 2 rings (SSSR count). The van der Waals surface area contributed by atoms with E-state index in [0.717, 1.165) is 6.42 Å². The van der Waals surface area contributed by atoms with Gasteiger partial charge in [0, 0.05) is 5.92 Å². The van der Waals surface area contributed by atoms with Crippen LogP contribution in [0, 0.1) is 29.7 Å². The Balaban J connectivity index is 2.32. The number of fused-ring (bicyclic) bond motifs is 1. The van der Waals surface area contributed by atoms with Crippen LogP contribution in [-0.4, -0.2) is 6.04 Å². The molecule has 0 radical (unpaired) electrons. The third kappa shape index (κ3) is 2.03. The summed E-state index contributed by atoms with van der Waals surface area (Å²) in [6.07, 6.45) is 6.27. The molecule has 0 N–H and O–H groups in total. The van der Waals surface area contributed by atoms with Crippen molar-refractivity contribution in [1.29, 1.82) is 0 Å². The smallest absolute Gasteiger partial charge is 0.233 e. The van der Waals surface area contributed by atoms with Crippen LogP contribution >= 0.6 is 0 Å². The average Bonchev–Trinajstić information content (AvgIpc) is 2.26. The highest BCUT2D eigenvalue weighted by Crippen LogP contribution is 2.55. The summed E-state index contributed by atoms with van der Waals surface area (Å²) in [5, 5.41) is 0. The zero-order valence-corrected chi connectivity index (χ0v) is 11.5. The molecule has 0 heterocycles. The Bertz CT molecular complexity index is 349. The van der Waals surface area contributed by atoms with E-state index in [2.05, 4.69) is 32.2 Å². The maximum atomic E-state index is 7.60. The fraction of sp³-hybridized carbons (Fsp3) is 0.812. The van der Waals surface area contributed by atoms with E-state index in [4.69, 9.17) is 6.57 Å². The second-order valence-corrected chi connectivity index (χ2v) is 6.71. The molecule has 94 valence electrons. The summed E-state index contributed by atoms with van der Waals surface area (Å²) in [5.41, 5.74) is 1.74. The largest absolute Gasteiger partial charge is 0.313 e. The van der Waals surface area contributed by atoms with Gasteiger partial charge in [-0.05, 0) is 43.4 Å². The summed E-state index contributed by atoms with van der Waals surface area (Å²) in [4.78, 5) is 4.02. The Hall–Kier alpha value is -0.770. The Labute approximate surface area is 106 Å². The number of nitrogens with zero attached hydrogens (tertiary/aromatic N) is 1. The van der Waals surface area contributed by atoms with Gasteiger partial charge >= 0.3 is 0 Å². The van der Waals surface area contributed by atoms with Crippen LogP contribution in [0.4, 0.5) is 0 Å². The van der Waals surface area contributed by atoms with Crippen LogP contribution in [0.25, 0.3) is 4.85 Å². The van der Waals surface area contributed by atoms with Gasteiger partial charge in [-0.1, -0.05) is 32.9 Å². The molecule has 0 spiro atoms. The maximum absolute atomic E-state index is 7.60. The maximum Gasteiger partial charge on any atom is 0.233 e. The van der Waals surface area contributed by atoms with Crippen molar-refractivity contribution < 1.29 is 0 Å². The van der Waals surface area contributed by atoms with Crippen molar-refractivity contribution in [3.8, 4) is 0 Å². The van der Waals surface area contributed by atoms with E-state index >= 15 is 0 Å². The second kappa shape index (κ2) is 4.48. The van der Waals surface area contributed by atoms with E-state index in [9.17, 15) is 0 Å². The van der Waals surface area contributed by atoms with Gasteiger partial charge in [-0.2, -0.15) is 0 Å². The molecule has 0 bridgehead atoms. The number of hydrogen-bond donors (Lipinski definition) is 0. The summed E-state index contributed by atoms with van der Waals surface area (Å²) in [5.74, 6) is 1.68. The lowest BCUT2D eigenvalue weighted by atomic mass is 9.54. The molecule has 0 amide bonds. The predicted octanol–water partition coefficient (Wildman–Crippen LogP) is 4.70. The predicted molar refractivity (Wildman–Crippen MR) is 72.5 cm³/mol. The molecule has 0 aromatic carbocycles. The number of hydrogen-bond acceptors (Lipinski definition) is 0. The zero-order chi connectivity index (χ0) is 12.6. The Morgan fingerprint density at radius 1 is 1.41 bits per heavy atom. The molecule has 0 saturated heterocycles. The van der Waals surface area contributed by atoms with Gasteiger partial charge in [0.25, 0.3) is 0 Å². The van der Waals surface area contributed by atoms with Gasteiger partial charge in [0.1, 0.15) is 0 Å². The van der Waals surface area contributed by atoms with Crippen LogP contribution in [0.15, 0.2) is 12.2 Å². The van der Waals surface area contributed by atoms with Gasteiger partial charge in [-0.3, -0.25) is 0 Å². The SMILES string of the molecule is [C-]#[N+][C@H]1[C@@H](C(C)C)CC[C@@]2(C)CCCC(=C)[C@H]12. The third-order valence-electron chi connectivity index (χ3n) is 5.27. The minimum atomic E-state index is 0.196. The van der Waals surface area contributed by atoms with Gasteiger partial charge < -0.3 is 4.85 Å². The standard InChI is InChI=1S/C16H25N/c1-11(2)13-8-10-16(4)9-6-7-12(3)14(16)15(13)17-5/h11,13-15H,3,6-10H2,1-2,4H3/t13-,14-,15+,16-/m1/s1. The van der Waals surface area contributed by atoms with E-state index in [1.54, 1.807) is 0 Å². The molecule has 0 aromatic rings. The molecular weight excluding hydrogens is 206 g/mol. The summed E-state index contributed by atoms with van der Waals surface area (Å²) in [6.45, 7) is 18.8. The Morgan fingerprint density at radius 3 is 2.71 bits per heavy atom. The summed E-state index contributed by atoms with van der Waals surface area (Å²) < 4.78 is 0. The molecule has 2 aliphatic carbocycles. The highest BCUT2D eigenvalue weighted by molar-refractivity contribution is 5.19. The molecule has 2 aliphatic rings. The topological polar surface area (TPSA) is 4.36 Å². The zero-order valence-electron chi connectivity index (χ0n) is 11.5. The molecule has 1 nitrogen and oxygen atoms in total. The van der Waals surface area contributed by atoms with E-state index < -0.39 is 0 Å². The van der Waals surface area contributed by atoms with E-state index in [0.29, 0.717) is 23.2 Å². The molecule has 0 aromatic heterocycles. The van der Waals surface area contributed by atoms with Crippen LogP contribution in [0.3, 0.4) is 0 Å². The lowest BCUT2D eigenvalue weighted by Gasteiger charge is -2.49. The molecule has 4 atom stereocenters. The van der Waals surface area contributed by atoms with Crippen molar-refractivity contribution >= 4 is 0 Å². The number of rotatable bonds is 1. The first-order valence-electron chi connectivity index (χ1n) is 7.04. The highest BCUT2D eigenvalue weighted by atomic mass is 14.8. The fourth-order valence-corrected chi connectivity index (χ4v) is 4.27.